The first kappa shape index (κ1) is 13.8. The van der Waals surface area contributed by atoms with Gasteiger partial charge in [0.05, 0.1) is 13.2 Å². The molecule has 0 heterocycles. The second-order valence-corrected chi connectivity index (χ2v) is 4.09. The average molecular weight is 237 g/mol. The summed E-state index contributed by atoms with van der Waals surface area (Å²) in [6.07, 6.45) is 2.18. The van der Waals surface area contributed by atoms with Gasteiger partial charge in [0.25, 0.3) is 0 Å². The number of hydrogen-bond donors (Lipinski definition) is 1. The summed E-state index contributed by atoms with van der Waals surface area (Å²) in [4.78, 5) is 0. The normalized spacial score (nSPS) is 12.2. The first-order chi connectivity index (χ1) is 8.26. The van der Waals surface area contributed by atoms with Crippen molar-refractivity contribution in [3.63, 3.8) is 0 Å². The second kappa shape index (κ2) is 7.96. The number of benzene rings is 1. The van der Waals surface area contributed by atoms with E-state index in [1.54, 1.807) is 0 Å². The lowest BCUT2D eigenvalue weighted by Gasteiger charge is -2.11. The summed E-state index contributed by atoms with van der Waals surface area (Å²) >= 11 is 0. The first-order valence-corrected chi connectivity index (χ1v) is 6.29. The molecule has 96 valence electrons. The van der Waals surface area contributed by atoms with Crippen LogP contribution in [0.5, 0.6) is 11.5 Å². The molecule has 0 saturated heterocycles. The van der Waals surface area contributed by atoms with Crippen LogP contribution in [-0.4, -0.2) is 26.3 Å². The predicted octanol–water partition coefficient (Wildman–Crippen LogP) is 2.85. The summed E-state index contributed by atoms with van der Waals surface area (Å²) in [5.74, 6) is 1.75. The third-order valence-corrected chi connectivity index (χ3v) is 2.66. The van der Waals surface area contributed by atoms with Crippen LogP contribution in [0.4, 0.5) is 0 Å². The molecule has 0 spiro atoms. The van der Waals surface area contributed by atoms with Gasteiger partial charge >= 0.3 is 0 Å². The van der Waals surface area contributed by atoms with Crippen molar-refractivity contribution in [3.05, 3.63) is 24.3 Å². The number of hydrogen-bond acceptors (Lipinski definition) is 3. The predicted molar refractivity (Wildman–Crippen MR) is 70.9 cm³/mol. The van der Waals surface area contributed by atoms with Gasteiger partial charge in [0.1, 0.15) is 11.5 Å². The van der Waals surface area contributed by atoms with E-state index in [1.165, 1.54) is 0 Å². The van der Waals surface area contributed by atoms with Gasteiger partial charge in [-0.25, -0.2) is 0 Å². The van der Waals surface area contributed by atoms with Crippen molar-refractivity contribution in [1.29, 1.82) is 0 Å². The molecule has 1 unspecified atom stereocenters. The molecule has 17 heavy (non-hydrogen) atoms. The van der Waals surface area contributed by atoms with E-state index in [4.69, 9.17) is 9.47 Å². The van der Waals surface area contributed by atoms with Gasteiger partial charge in [-0.1, -0.05) is 6.07 Å². The van der Waals surface area contributed by atoms with Crippen molar-refractivity contribution in [3.8, 4) is 11.5 Å². The fourth-order valence-electron chi connectivity index (χ4n) is 1.54. The van der Waals surface area contributed by atoms with Crippen molar-refractivity contribution in [2.75, 3.05) is 20.3 Å². The third kappa shape index (κ3) is 5.59. The molecule has 0 aliphatic carbocycles. The Kier molecular flexibility index (Phi) is 6.48. The molecule has 1 rings (SSSR count). The van der Waals surface area contributed by atoms with Gasteiger partial charge in [-0.15, -0.1) is 0 Å². The molecule has 0 fully saturated rings. The molecule has 1 N–H and O–H groups in total. The van der Waals surface area contributed by atoms with E-state index in [2.05, 4.69) is 12.2 Å². The Morgan fingerprint density at radius 1 is 1.24 bits per heavy atom. The van der Waals surface area contributed by atoms with E-state index in [0.29, 0.717) is 12.6 Å². The smallest absolute Gasteiger partial charge is 0.122 e. The van der Waals surface area contributed by atoms with Crippen LogP contribution < -0.4 is 14.8 Å². The Labute approximate surface area is 104 Å². The molecule has 0 radical (unpaired) electrons. The molecule has 0 aromatic heterocycles. The van der Waals surface area contributed by atoms with Crippen LogP contribution in [0.15, 0.2) is 24.3 Å². The molecule has 0 saturated carbocycles. The Morgan fingerprint density at radius 2 is 1.94 bits per heavy atom. The van der Waals surface area contributed by atoms with Crippen LogP contribution in [-0.2, 0) is 0 Å². The molecule has 3 heteroatoms. The Balaban J connectivity index is 2.28. The molecule has 0 amide bonds. The fourth-order valence-corrected chi connectivity index (χ4v) is 1.54. The van der Waals surface area contributed by atoms with E-state index in [9.17, 15) is 0 Å². The third-order valence-electron chi connectivity index (χ3n) is 2.66. The summed E-state index contributed by atoms with van der Waals surface area (Å²) in [7, 11) is 1.98. The minimum atomic E-state index is 0.549. The fraction of sp³-hybridized carbons (Fsp3) is 0.571. The quantitative estimate of drug-likeness (QED) is 0.705. The van der Waals surface area contributed by atoms with Gasteiger partial charge in [-0.2, -0.15) is 0 Å². The molecule has 1 aromatic carbocycles. The summed E-state index contributed by atoms with van der Waals surface area (Å²) < 4.78 is 11.1. The van der Waals surface area contributed by atoms with Gasteiger partial charge in [0, 0.05) is 12.1 Å². The van der Waals surface area contributed by atoms with Crippen LogP contribution in [0.25, 0.3) is 0 Å². The van der Waals surface area contributed by atoms with E-state index in [1.807, 2.05) is 38.2 Å². The van der Waals surface area contributed by atoms with E-state index in [-0.39, 0.29) is 0 Å². The monoisotopic (exact) mass is 237 g/mol. The second-order valence-electron chi connectivity index (χ2n) is 4.09. The summed E-state index contributed by atoms with van der Waals surface area (Å²) in [5.41, 5.74) is 0. The van der Waals surface area contributed by atoms with Gasteiger partial charge < -0.3 is 14.8 Å². The molecule has 1 atom stereocenters. The van der Waals surface area contributed by atoms with Crippen molar-refractivity contribution < 1.29 is 9.47 Å². The summed E-state index contributed by atoms with van der Waals surface area (Å²) in [6.45, 7) is 5.59. The van der Waals surface area contributed by atoms with Crippen LogP contribution in [0, 0.1) is 0 Å². The molecule has 0 aliphatic rings. The molecule has 0 aliphatic heterocycles. The highest BCUT2D eigenvalue weighted by Crippen LogP contribution is 2.19. The highest BCUT2D eigenvalue weighted by Gasteiger charge is 1.99. The lowest BCUT2D eigenvalue weighted by molar-refractivity contribution is 0.294. The standard InChI is InChI=1S/C14H23NO2/c1-4-16-13-8-5-9-14(11-13)17-10-6-7-12(2)15-3/h5,8-9,11-12,15H,4,6-7,10H2,1-3H3. The van der Waals surface area contributed by atoms with Crippen LogP contribution in [0.3, 0.4) is 0 Å². The van der Waals surface area contributed by atoms with Crippen LogP contribution in [0.1, 0.15) is 26.7 Å². The van der Waals surface area contributed by atoms with Crippen LogP contribution >= 0.6 is 0 Å². The molecular weight excluding hydrogens is 214 g/mol. The van der Waals surface area contributed by atoms with Crippen molar-refractivity contribution in [2.24, 2.45) is 0 Å². The van der Waals surface area contributed by atoms with Crippen molar-refractivity contribution >= 4 is 0 Å². The Morgan fingerprint density at radius 3 is 2.59 bits per heavy atom. The number of nitrogens with one attached hydrogen (secondary N) is 1. The average Bonchev–Trinajstić information content (AvgIpc) is 2.35. The maximum Gasteiger partial charge on any atom is 0.122 e. The molecular formula is C14H23NO2. The maximum absolute atomic E-state index is 5.68. The minimum Gasteiger partial charge on any atom is -0.494 e. The number of rotatable bonds is 8. The lowest BCUT2D eigenvalue weighted by atomic mass is 10.2. The molecule has 0 bridgehead atoms. The van der Waals surface area contributed by atoms with E-state index >= 15 is 0 Å². The molecule has 1 aromatic rings. The van der Waals surface area contributed by atoms with E-state index in [0.717, 1.165) is 30.9 Å². The summed E-state index contributed by atoms with van der Waals surface area (Å²) in [6, 6.07) is 8.35. The SMILES string of the molecule is CCOc1cccc(OCCCC(C)NC)c1. The number of ether oxygens (including phenoxy) is 2. The Bertz CT molecular complexity index is 315. The van der Waals surface area contributed by atoms with Gasteiger partial charge in [0.2, 0.25) is 0 Å². The van der Waals surface area contributed by atoms with Gasteiger partial charge in [-0.3, -0.25) is 0 Å². The zero-order valence-electron chi connectivity index (χ0n) is 11.0. The van der Waals surface area contributed by atoms with Gasteiger partial charge in [0.15, 0.2) is 0 Å². The molecule has 3 nitrogen and oxygen atoms in total. The Hall–Kier alpha value is -1.22. The highest BCUT2D eigenvalue weighted by atomic mass is 16.5. The zero-order valence-corrected chi connectivity index (χ0v) is 11.0. The maximum atomic E-state index is 5.68. The largest absolute Gasteiger partial charge is 0.494 e. The first-order valence-electron chi connectivity index (χ1n) is 6.29. The topological polar surface area (TPSA) is 30.5 Å². The lowest BCUT2D eigenvalue weighted by Crippen LogP contribution is -2.21. The van der Waals surface area contributed by atoms with Crippen LogP contribution in [0.2, 0.25) is 0 Å². The van der Waals surface area contributed by atoms with Gasteiger partial charge in [-0.05, 0) is 45.9 Å². The minimum absolute atomic E-state index is 0.549. The van der Waals surface area contributed by atoms with E-state index < -0.39 is 0 Å². The van der Waals surface area contributed by atoms with Crippen molar-refractivity contribution in [2.45, 2.75) is 32.7 Å². The zero-order chi connectivity index (χ0) is 12.5. The highest BCUT2D eigenvalue weighted by molar-refractivity contribution is 5.32. The van der Waals surface area contributed by atoms with Crippen molar-refractivity contribution in [1.82, 2.24) is 5.32 Å². The summed E-state index contributed by atoms with van der Waals surface area (Å²) in [5, 5.41) is 3.21.